The summed E-state index contributed by atoms with van der Waals surface area (Å²) in [6.45, 7) is -0.381. The van der Waals surface area contributed by atoms with Crippen LogP contribution in [-0.2, 0) is 9.59 Å². The third-order valence-electron chi connectivity index (χ3n) is 3.43. The molecule has 1 heterocycles. The Morgan fingerprint density at radius 3 is 2.23 bits per heavy atom. The molecule has 0 bridgehead atoms. The minimum Gasteiger partial charge on any atom is -0.348 e. The molecule has 0 saturated carbocycles. The maximum atomic E-state index is 12.4. The summed E-state index contributed by atoms with van der Waals surface area (Å²) in [7, 11) is 0. The molecular weight excluding hydrogens is 320 g/mol. The van der Waals surface area contributed by atoms with Crippen LogP contribution in [0.4, 0.5) is 26.3 Å². The molecule has 3 N–H and O–H groups in total. The van der Waals surface area contributed by atoms with E-state index in [-0.39, 0.29) is 25.8 Å². The van der Waals surface area contributed by atoms with Gasteiger partial charge in [-0.3, -0.25) is 15.4 Å². The topological polar surface area (TPSA) is 75.4 Å². The van der Waals surface area contributed by atoms with Gasteiger partial charge in [-0.1, -0.05) is 0 Å². The summed E-state index contributed by atoms with van der Waals surface area (Å²) in [4.78, 5) is 21.8. The quantitative estimate of drug-likeness (QED) is 0.597. The van der Waals surface area contributed by atoms with Crippen LogP contribution in [0, 0.1) is 5.92 Å². The minimum absolute atomic E-state index is 0.0182. The van der Waals surface area contributed by atoms with Gasteiger partial charge in [0.1, 0.15) is 0 Å². The summed E-state index contributed by atoms with van der Waals surface area (Å²) in [6.07, 6.45) is -10.3. The number of hydrogen-bond donors (Lipinski definition) is 2. The van der Waals surface area contributed by atoms with E-state index in [0.717, 1.165) is 0 Å². The van der Waals surface area contributed by atoms with Gasteiger partial charge in [-0.2, -0.15) is 26.3 Å². The molecule has 0 aliphatic carbocycles. The molecule has 0 spiro atoms. The number of nitrogens with one attached hydrogen (secondary N) is 1. The lowest BCUT2D eigenvalue weighted by atomic mass is 9.87. The first kappa shape index (κ1) is 18.7. The number of rotatable bonds is 4. The van der Waals surface area contributed by atoms with Gasteiger partial charge in [-0.15, -0.1) is 0 Å². The van der Waals surface area contributed by atoms with E-state index in [1.54, 1.807) is 5.32 Å². The molecule has 5 nitrogen and oxygen atoms in total. The van der Waals surface area contributed by atoms with Crippen LogP contribution in [-0.4, -0.2) is 48.2 Å². The molecule has 1 aliphatic heterocycles. The Balaban J connectivity index is 2.52. The number of ketones is 1. The van der Waals surface area contributed by atoms with Gasteiger partial charge >= 0.3 is 18.3 Å². The van der Waals surface area contributed by atoms with Crippen LogP contribution in [0.1, 0.15) is 19.3 Å². The van der Waals surface area contributed by atoms with Crippen LogP contribution >= 0.6 is 0 Å². The highest BCUT2D eigenvalue weighted by molar-refractivity contribution is 5.86. The number of hydrogen-bond acceptors (Lipinski definition) is 4. The second-order valence-corrected chi connectivity index (χ2v) is 5.02. The fourth-order valence-electron chi connectivity index (χ4n) is 2.27. The van der Waals surface area contributed by atoms with Crippen LogP contribution in [0.15, 0.2) is 0 Å². The highest BCUT2D eigenvalue weighted by Crippen LogP contribution is 2.30. The highest BCUT2D eigenvalue weighted by atomic mass is 19.4. The third kappa shape index (κ3) is 5.13. The summed E-state index contributed by atoms with van der Waals surface area (Å²) in [6, 6.07) is -0.710. The zero-order valence-electron chi connectivity index (χ0n) is 11.3. The minimum atomic E-state index is -5.02. The van der Waals surface area contributed by atoms with E-state index in [4.69, 9.17) is 5.84 Å². The van der Waals surface area contributed by atoms with Gasteiger partial charge in [-0.05, 0) is 19.3 Å². The summed E-state index contributed by atoms with van der Waals surface area (Å²) in [5, 5.41) is 2.79. The Morgan fingerprint density at radius 1 is 1.14 bits per heavy atom. The Labute approximate surface area is 121 Å². The Hall–Kier alpha value is -1.36. The van der Waals surface area contributed by atoms with Crippen LogP contribution in [0.25, 0.3) is 0 Å². The van der Waals surface area contributed by atoms with E-state index in [1.165, 1.54) is 5.01 Å². The van der Waals surface area contributed by atoms with Gasteiger partial charge in [-0.25, -0.2) is 5.01 Å². The normalized spacial score (nSPS) is 24.1. The Bertz CT molecular complexity index is 423. The van der Waals surface area contributed by atoms with Gasteiger partial charge in [0.2, 0.25) is 5.78 Å². The number of alkyl halides is 6. The molecule has 128 valence electrons. The Kier molecular flexibility index (Phi) is 5.79. The average Bonchev–Trinajstić information content (AvgIpc) is 2.37. The number of hydrazine groups is 1. The zero-order chi connectivity index (χ0) is 17.1. The van der Waals surface area contributed by atoms with Crippen molar-refractivity contribution in [2.45, 2.75) is 37.7 Å². The molecule has 0 radical (unpaired) electrons. The van der Waals surface area contributed by atoms with Crippen molar-refractivity contribution >= 4 is 11.7 Å². The Morgan fingerprint density at radius 2 is 1.73 bits per heavy atom. The number of nitrogens with two attached hydrogens (primary N) is 1. The maximum Gasteiger partial charge on any atom is 0.471 e. The maximum absolute atomic E-state index is 12.4. The SMILES string of the molecule is NN1CCC(C(=O)C(F)(F)F)CC1CCNC(=O)C(F)(F)F. The van der Waals surface area contributed by atoms with E-state index in [1.807, 2.05) is 0 Å². The second kappa shape index (κ2) is 6.82. The van der Waals surface area contributed by atoms with Crippen molar-refractivity contribution < 1.29 is 35.9 Å². The number of Topliss-reactive ketones (excluding diaryl/α,β-unsaturated/α-hetero) is 1. The van der Waals surface area contributed by atoms with E-state index in [0.29, 0.717) is 0 Å². The lowest BCUT2D eigenvalue weighted by Crippen LogP contribution is -2.51. The first-order chi connectivity index (χ1) is 9.93. The van der Waals surface area contributed by atoms with Crippen molar-refractivity contribution in [3.8, 4) is 0 Å². The van der Waals surface area contributed by atoms with E-state index < -0.39 is 42.5 Å². The molecule has 1 rings (SSSR count). The van der Waals surface area contributed by atoms with Gasteiger partial charge in [0.05, 0.1) is 0 Å². The molecule has 11 heteroatoms. The number of nitrogens with zero attached hydrogens (tertiary/aromatic N) is 1. The number of piperidine rings is 1. The average molecular weight is 335 g/mol. The number of carbonyl (C=O) groups excluding carboxylic acids is 2. The number of halogens is 6. The smallest absolute Gasteiger partial charge is 0.348 e. The van der Waals surface area contributed by atoms with Gasteiger partial charge < -0.3 is 5.32 Å². The predicted octanol–water partition coefficient (Wildman–Crippen LogP) is 1.14. The molecule has 1 fully saturated rings. The van der Waals surface area contributed by atoms with Crippen molar-refractivity contribution in [3.63, 3.8) is 0 Å². The lowest BCUT2D eigenvalue weighted by Gasteiger charge is -2.36. The van der Waals surface area contributed by atoms with Crippen molar-refractivity contribution in [1.29, 1.82) is 0 Å². The molecule has 2 atom stereocenters. The van der Waals surface area contributed by atoms with Gasteiger partial charge in [0.15, 0.2) is 0 Å². The molecule has 22 heavy (non-hydrogen) atoms. The number of amides is 1. The molecule has 0 aromatic carbocycles. The first-order valence-electron chi connectivity index (χ1n) is 6.40. The molecule has 0 aromatic rings. The van der Waals surface area contributed by atoms with Crippen molar-refractivity contribution in [2.24, 2.45) is 11.8 Å². The van der Waals surface area contributed by atoms with Crippen molar-refractivity contribution in [3.05, 3.63) is 0 Å². The van der Waals surface area contributed by atoms with Gasteiger partial charge in [0.25, 0.3) is 0 Å². The lowest BCUT2D eigenvalue weighted by molar-refractivity contribution is -0.177. The van der Waals surface area contributed by atoms with E-state index in [2.05, 4.69) is 0 Å². The summed E-state index contributed by atoms with van der Waals surface area (Å²) >= 11 is 0. The van der Waals surface area contributed by atoms with E-state index >= 15 is 0 Å². The second-order valence-electron chi connectivity index (χ2n) is 5.02. The number of carbonyl (C=O) groups is 2. The van der Waals surface area contributed by atoms with Crippen molar-refractivity contribution in [1.82, 2.24) is 10.3 Å². The monoisotopic (exact) mass is 335 g/mol. The van der Waals surface area contributed by atoms with Gasteiger partial charge in [0, 0.05) is 25.0 Å². The van der Waals surface area contributed by atoms with Crippen LogP contribution in [0.2, 0.25) is 0 Å². The van der Waals surface area contributed by atoms with Crippen LogP contribution < -0.4 is 11.2 Å². The van der Waals surface area contributed by atoms with Crippen LogP contribution in [0.5, 0.6) is 0 Å². The third-order valence-corrected chi connectivity index (χ3v) is 3.43. The first-order valence-corrected chi connectivity index (χ1v) is 6.40. The molecule has 0 aromatic heterocycles. The molecule has 1 aliphatic rings. The molecule has 2 unspecified atom stereocenters. The fraction of sp³-hybridized carbons (Fsp3) is 0.818. The van der Waals surface area contributed by atoms with Crippen LogP contribution in [0.3, 0.4) is 0 Å². The van der Waals surface area contributed by atoms with E-state index in [9.17, 15) is 35.9 Å². The molecule has 1 amide bonds. The summed E-state index contributed by atoms with van der Waals surface area (Å²) < 4.78 is 73.0. The largest absolute Gasteiger partial charge is 0.471 e. The summed E-state index contributed by atoms with van der Waals surface area (Å²) in [5.74, 6) is 0.312. The zero-order valence-corrected chi connectivity index (χ0v) is 11.3. The fourth-order valence-corrected chi connectivity index (χ4v) is 2.27. The van der Waals surface area contributed by atoms with Crippen molar-refractivity contribution in [2.75, 3.05) is 13.1 Å². The highest BCUT2D eigenvalue weighted by Gasteiger charge is 2.45. The predicted molar refractivity (Wildman–Crippen MR) is 62.1 cm³/mol. The molecule has 1 saturated heterocycles. The standard InChI is InChI=1S/C11H15F6N3O2/c12-10(13,14)8(21)6-2-4-20(18)7(5-6)1-3-19-9(22)11(15,16)17/h6-7H,1-5,18H2,(H,19,22). The molecular formula is C11H15F6N3O2. The summed E-state index contributed by atoms with van der Waals surface area (Å²) in [5.41, 5.74) is 0.